The smallest absolute Gasteiger partial charge is 0.314 e. The first-order valence-corrected chi connectivity index (χ1v) is 11.8. The molecule has 6 heteroatoms. The lowest BCUT2D eigenvalue weighted by atomic mass is 9.74. The normalized spacial score (nSPS) is 20.7. The second-order valence-electron chi connectivity index (χ2n) is 9.13. The van der Waals surface area contributed by atoms with Gasteiger partial charge in [0.05, 0.1) is 12.0 Å². The maximum Gasteiger partial charge on any atom is 0.314 e. The summed E-state index contributed by atoms with van der Waals surface area (Å²) < 4.78 is 5.50. The van der Waals surface area contributed by atoms with Gasteiger partial charge >= 0.3 is 5.97 Å². The molecule has 2 aliphatic heterocycles. The Labute approximate surface area is 195 Å². The van der Waals surface area contributed by atoms with Gasteiger partial charge in [-0.1, -0.05) is 24.3 Å². The first-order chi connectivity index (χ1) is 15.9. The van der Waals surface area contributed by atoms with Crippen molar-refractivity contribution < 1.29 is 19.1 Å². The molecular weight excluding hydrogens is 416 g/mol. The minimum atomic E-state index is -0.752. The molecule has 33 heavy (non-hydrogen) atoms. The monoisotopic (exact) mass is 448 g/mol. The van der Waals surface area contributed by atoms with Gasteiger partial charge in [-0.15, -0.1) is 0 Å². The molecule has 2 fully saturated rings. The number of esters is 1. The van der Waals surface area contributed by atoms with Gasteiger partial charge in [-0.2, -0.15) is 0 Å². The van der Waals surface area contributed by atoms with Crippen molar-refractivity contribution >= 4 is 23.5 Å². The summed E-state index contributed by atoms with van der Waals surface area (Å²) in [6.45, 7) is 5.86. The number of anilines is 1. The van der Waals surface area contributed by atoms with Crippen LogP contribution in [-0.2, 0) is 20.7 Å². The predicted octanol–water partition coefficient (Wildman–Crippen LogP) is 4.15. The van der Waals surface area contributed by atoms with E-state index in [0.29, 0.717) is 44.5 Å². The summed E-state index contributed by atoms with van der Waals surface area (Å²) in [7, 11) is 0. The molecule has 1 atom stereocenters. The number of rotatable bonds is 6. The fourth-order valence-electron chi connectivity index (χ4n) is 5.03. The predicted molar refractivity (Wildman–Crippen MR) is 127 cm³/mol. The third kappa shape index (κ3) is 4.80. The highest BCUT2D eigenvalue weighted by Crippen LogP contribution is 2.37. The van der Waals surface area contributed by atoms with Crippen LogP contribution in [0.1, 0.15) is 54.1 Å². The first kappa shape index (κ1) is 23.0. The van der Waals surface area contributed by atoms with Crippen molar-refractivity contribution in [1.82, 2.24) is 4.90 Å². The second kappa shape index (κ2) is 9.77. The van der Waals surface area contributed by atoms with Crippen LogP contribution in [0.25, 0.3) is 0 Å². The fraction of sp³-hybridized carbons (Fsp3) is 0.444. The summed E-state index contributed by atoms with van der Waals surface area (Å²) in [6, 6.07) is 15.3. The van der Waals surface area contributed by atoms with E-state index in [-0.39, 0.29) is 17.8 Å². The van der Waals surface area contributed by atoms with E-state index in [9.17, 15) is 14.4 Å². The number of hydrogen-bond acceptors (Lipinski definition) is 4. The number of aryl methyl sites for hydroxylation is 1. The Morgan fingerprint density at radius 1 is 1.03 bits per heavy atom. The van der Waals surface area contributed by atoms with Crippen molar-refractivity contribution in [3.8, 4) is 0 Å². The van der Waals surface area contributed by atoms with Crippen molar-refractivity contribution in [1.29, 1.82) is 0 Å². The molecule has 4 rings (SSSR count). The van der Waals surface area contributed by atoms with E-state index in [1.165, 1.54) is 0 Å². The van der Waals surface area contributed by atoms with Crippen molar-refractivity contribution in [3.63, 3.8) is 0 Å². The molecule has 2 aromatic carbocycles. The molecule has 0 N–H and O–H groups in total. The van der Waals surface area contributed by atoms with E-state index in [0.717, 1.165) is 36.2 Å². The molecule has 2 amide bonds. The third-order valence-electron chi connectivity index (χ3n) is 6.86. The summed E-state index contributed by atoms with van der Waals surface area (Å²) in [6.07, 6.45) is 3.43. The molecule has 1 unspecified atom stereocenters. The molecule has 0 aliphatic carbocycles. The Kier molecular flexibility index (Phi) is 6.82. The van der Waals surface area contributed by atoms with Gasteiger partial charge in [-0.3, -0.25) is 14.4 Å². The minimum absolute atomic E-state index is 0.0903. The van der Waals surface area contributed by atoms with Gasteiger partial charge in [-0.25, -0.2) is 0 Å². The summed E-state index contributed by atoms with van der Waals surface area (Å²) in [5.41, 5.74) is 2.89. The van der Waals surface area contributed by atoms with Crippen molar-refractivity contribution in [2.24, 2.45) is 5.41 Å². The highest BCUT2D eigenvalue weighted by atomic mass is 16.5. The molecule has 2 aliphatic rings. The zero-order valence-corrected chi connectivity index (χ0v) is 19.5. The fourth-order valence-corrected chi connectivity index (χ4v) is 5.03. The molecular formula is C27H32N2O4. The maximum atomic E-state index is 13.4. The molecule has 0 saturated carbocycles. The maximum absolute atomic E-state index is 13.4. The van der Waals surface area contributed by atoms with Gasteiger partial charge in [-0.05, 0) is 74.9 Å². The van der Waals surface area contributed by atoms with E-state index >= 15 is 0 Å². The zero-order chi connectivity index (χ0) is 23.4. The standard InChI is InChI=1S/C27H32N2O4/c1-3-33-26(32)27(18-22-9-5-4-8-20(22)2)15-7-16-28(19-27)25(31)21-11-13-23(14-12-21)29-17-6-10-24(29)30/h4-5,8-9,11-14H,3,6-7,10,15-19H2,1-2H3. The summed E-state index contributed by atoms with van der Waals surface area (Å²) in [5, 5.41) is 0. The van der Waals surface area contributed by atoms with Gasteiger partial charge in [0.25, 0.3) is 5.91 Å². The number of nitrogens with zero attached hydrogens (tertiary/aromatic N) is 2. The number of ether oxygens (including phenoxy) is 1. The van der Waals surface area contributed by atoms with E-state index in [2.05, 4.69) is 6.07 Å². The number of carbonyl (C=O) groups excluding carboxylic acids is 3. The van der Waals surface area contributed by atoms with Crippen molar-refractivity contribution in [2.45, 2.75) is 46.0 Å². The number of benzene rings is 2. The number of piperidine rings is 1. The van der Waals surface area contributed by atoms with Gasteiger partial charge < -0.3 is 14.5 Å². The van der Waals surface area contributed by atoms with E-state index in [1.807, 2.05) is 44.2 Å². The average molecular weight is 449 g/mol. The SMILES string of the molecule is CCOC(=O)C1(Cc2ccccc2C)CCCN(C(=O)c2ccc(N3CCCC3=O)cc2)C1. The summed E-state index contributed by atoms with van der Waals surface area (Å²) >= 11 is 0. The Bertz CT molecular complexity index is 1030. The van der Waals surface area contributed by atoms with Gasteiger partial charge in [0.15, 0.2) is 0 Å². The summed E-state index contributed by atoms with van der Waals surface area (Å²) in [5.74, 6) is -0.193. The zero-order valence-electron chi connectivity index (χ0n) is 19.5. The number of amides is 2. The molecule has 0 spiro atoms. The molecule has 0 aromatic heterocycles. The second-order valence-corrected chi connectivity index (χ2v) is 9.13. The van der Waals surface area contributed by atoms with Crippen LogP contribution in [0.5, 0.6) is 0 Å². The molecule has 2 aromatic rings. The van der Waals surface area contributed by atoms with Crippen molar-refractivity contribution in [3.05, 3.63) is 65.2 Å². The number of likely N-dealkylation sites (tertiary alicyclic amines) is 1. The molecule has 6 nitrogen and oxygen atoms in total. The molecule has 2 saturated heterocycles. The summed E-state index contributed by atoms with van der Waals surface area (Å²) in [4.78, 5) is 42.1. The molecule has 2 heterocycles. The number of hydrogen-bond donors (Lipinski definition) is 0. The van der Waals surface area contributed by atoms with Crippen LogP contribution >= 0.6 is 0 Å². The van der Waals surface area contributed by atoms with Crippen LogP contribution in [0.3, 0.4) is 0 Å². The first-order valence-electron chi connectivity index (χ1n) is 11.8. The highest BCUT2D eigenvalue weighted by Gasteiger charge is 2.45. The average Bonchev–Trinajstić information content (AvgIpc) is 3.26. The lowest BCUT2D eigenvalue weighted by Crippen LogP contribution is -2.51. The van der Waals surface area contributed by atoms with Crippen LogP contribution in [-0.4, -0.2) is 48.9 Å². The minimum Gasteiger partial charge on any atom is -0.466 e. The lowest BCUT2D eigenvalue weighted by Gasteiger charge is -2.41. The molecule has 174 valence electrons. The molecule has 0 radical (unpaired) electrons. The van der Waals surface area contributed by atoms with E-state index in [4.69, 9.17) is 4.74 Å². The number of carbonyl (C=O) groups is 3. The van der Waals surface area contributed by atoms with Crippen molar-refractivity contribution in [2.75, 3.05) is 31.1 Å². The topological polar surface area (TPSA) is 66.9 Å². The largest absolute Gasteiger partial charge is 0.466 e. The Hall–Kier alpha value is -3.15. The van der Waals surface area contributed by atoms with Gasteiger partial charge in [0.2, 0.25) is 5.91 Å². The van der Waals surface area contributed by atoms with E-state index < -0.39 is 5.41 Å². The van der Waals surface area contributed by atoms with Gasteiger partial charge in [0, 0.05) is 37.3 Å². The van der Waals surface area contributed by atoms with Crippen LogP contribution in [0.4, 0.5) is 5.69 Å². The van der Waals surface area contributed by atoms with Crippen LogP contribution in [0, 0.1) is 12.3 Å². The lowest BCUT2D eigenvalue weighted by molar-refractivity contribution is -0.158. The van der Waals surface area contributed by atoms with E-state index in [1.54, 1.807) is 21.9 Å². The molecule has 0 bridgehead atoms. The Morgan fingerprint density at radius 3 is 2.45 bits per heavy atom. The van der Waals surface area contributed by atoms with Crippen LogP contribution in [0.15, 0.2) is 48.5 Å². The Morgan fingerprint density at radius 2 is 1.79 bits per heavy atom. The highest BCUT2D eigenvalue weighted by molar-refractivity contribution is 5.98. The van der Waals surface area contributed by atoms with Crippen LogP contribution in [0.2, 0.25) is 0 Å². The third-order valence-corrected chi connectivity index (χ3v) is 6.86. The Balaban J connectivity index is 1.55. The quantitative estimate of drug-likeness (QED) is 0.623. The van der Waals surface area contributed by atoms with Crippen LogP contribution < -0.4 is 4.90 Å². The van der Waals surface area contributed by atoms with Gasteiger partial charge in [0.1, 0.15) is 0 Å².